The molecule has 0 aliphatic carbocycles. The standard InChI is InChI=1S/C19H31NO2S/c1-6-23-18(15(4)5)19(21)20-12-11-16-7-9-17(10-8-16)22-13-14(2)3/h7-10,14-15,18H,6,11-13H2,1-5H3,(H,20,21). The number of hydrogen-bond donors (Lipinski definition) is 1. The van der Waals surface area contributed by atoms with Crippen molar-refractivity contribution < 1.29 is 9.53 Å². The van der Waals surface area contributed by atoms with Crippen molar-refractivity contribution in [3.05, 3.63) is 29.8 Å². The molecular formula is C19H31NO2S. The van der Waals surface area contributed by atoms with E-state index in [1.54, 1.807) is 11.8 Å². The van der Waals surface area contributed by atoms with E-state index in [4.69, 9.17) is 4.74 Å². The summed E-state index contributed by atoms with van der Waals surface area (Å²) in [4.78, 5) is 12.2. The van der Waals surface area contributed by atoms with E-state index in [1.165, 1.54) is 5.56 Å². The number of nitrogens with one attached hydrogen (secondary N) is 1. The van der Waals surface area contributed by atoms with Crippen LogP contribution < -0.4 is 10.1 Å². The van der Waals surface area contributed by atoms with Gasteiger partial charge in [-0.15, -0.1) is 11.8 Å². The van der Waals surface area contributed by atoms with E-state index >= 15 is 0 Å². The van der Waals surface area contributed by atoms with Crippen LogP contribution in [0.2, 0.25) is 0 Å². The molecule has 0 aliphatic rings. The maximum absolute atomic E-state index is 12.2. The van der Waals surface area contributed by atoms with E-state index in [1.807, 2.05) is 12.1 Å². The van der Waals surface area contributed by atoms with Crippen molar-refractivity contribution >= 4 is 17.7 Å². The lowest BCUT2D eigenvalue weighted by Gasteiger charge is -2.19. The molecule has 1 amide bonds. The van der Waals surface area contributed by atoms with Gasteiger partial charge in [0.15, 0.2) is 0 Å². The number of carbonyl (C=O) groups is 1. The van der Waals surface area contributed by atoms with Crippen molar-refractivity contribution in [2.24, 2.45) is 11.8 Å². The number of benzene rings is 1. The van der Waals surface area contributed by atoms with Gasteiger partial charge >= 0.3 is 0 Å². The molecule has 0 spiro atoms. The Hall–Kier alpha value is -1.16. The van der Waals surface area contributed by atoms with Crippen molar-refractivity contribution in [3.63, 3.8) is 0 Å². The normalized spacial score (nSPS) is 12.5. The van der Waals surface area contributed by atoms with E-state index in [-0.39, 0.29) is 11.2 Å². The first-order valence-corrected chi connectivity index (χ1v) is 9.60. The van der Waals surface area contributed by atoms with E-state index < -0.39 is 0 Å². The van der Waals surface area contributed by atoms with Crippen molar-refractivity contribution in [1.29, 1.82) is 0 Å². The largest absolute Gasteiger partial charge is 0.493 e. The van der Waals surface area contributed by atoms with Gasteiger partial charge in [-0.25, -0.2) is 0 Å². The van der Waals surface area contributed by atoms with Gasteiger partial charge in [-0.05, 0) is 41.7 Å². The Morgan fingerprint density at radius 3 is 2.35 bits per heavy atom. The van der Waals surface area contributed by atoms with E-state index in [0.29, 0.717) is 18.4 Å². The summed E-state index contributed by atoms with van der Waals surface area (Å²) in [5.74, 6) is 2.92. The molecule has 1 aromatic rings. The summed E-state index contributed by atoms with van der Waals surface area (Å²) in [6.45, 7) is 12.0. The fourth-order valence-electron chi connectivity index (χ4n) is 2.20. The van der Waals surface area contributed by atoms with Gasteiger partial charge in [-0.3, -0.25) is 4.79 Å². The lowest BCUT2D eigenvalue weighted by molar-refractivity contribution is -0.121. The number of thioether (sulfide) groups is 1. The molecule has 1 aromatic carbocycles. The Balaban J connectivity index is 2.38. The predicted molar refractivity (Wildman–Crippen MR) is 100 cm³/mol. The lowest BCUT2D eigenvalue weighted by atomic mass is 10.1. The van der Waals surface area contributed by atoms with Gasteiger partial charge in [-0.1, -0.05) is 46.8 Å². The Morgan fingerprint density at radius 2 is 1.83 bits per heavy atom. The van der Waals surface area contributed by atoms with Crippen molar-refractivity contribution in [2.75, 3.05) is 18.9 Å². The van der Waals surface area contributed by atoms with Crippen molar-refractivity contribution in [1.82, 2.24) is 5.32 Å². The molecule has 1 N–H and O–H groups in total. The van der Waals surface area contributed by atoms with Crippen LogP contribution in [-0.2, 0) is 11.2 Å². The molecule has 1 unspecified atom stereocenters. The van der Waals surface area contributed by atoms with Crippen LogP contribution in [0.1, 0.15) is 40.2 Å². The maximum Gasteiger partial charge on any atom is 0.233 e. The van der Waals surface area contributed by atoms with Gasteiger partial charge in [0.25, 0.3) is 0 Å². The average molecular weight is 338 g/mol. The molecule has 23 heavy (non-hydrogen) atoms. The van der Waals surface area contributed by atoms with Crippen LogP contribution in [0.5, 0.6) is 5.75 Å². The Morgan fingerprint density at radius 1 is 1.17 bits per heavy atom. The Bertz CT molecular complexity index is 457. The molecule has 0 saturated carbocycles. The summed E-state index contributed by atoms with van der Waals surface area (Å²) in [5.41, 5.74) is 1.21. The van der Waals surface area contributed by atoms with Crippen LogP contribution in [0.3, 0.4) is 0 Å². The van der Waals surface area contributed by atoms with Gasteiger partial charge in [-0.2, -0.15) is 0 Å². The SMILES string of the molecule is CCSC(C(=O)NCCc1ccc(OCC(C)C)cc1)C(C)C. The molecule has 0 fully saturated rings. The predicted octanol–water partition coefficient (Wildman–Crippen LogP) is 4.16. The molecule has 0 saturated heterocycles. The number of ether oxygens (including phenoxy) is 1. The van der Waals surface area contributed by atoms with Crippen LogP contribution in [0.25, 0.3) is 0 Å². The van der Waals surface area contributed by atoms with E-state index in [0.717, 1.165) is 24.5 Å². The van der Waals surface area contributed by atoms with E-state index in [9.17, 15) is 4.79 Å². The van der Waals surface area contributed by atoms with Gasteiger partial charge in [0.05, 0.1) is 11.9 Å². The summed E-state index contributed by atoms with van der Waals surface area (Å²) < 4.78 is 5.68. The third-order valence-corrected chi connectivity index (χ3v) is 4.88. The second-order valence-corrected chi connectivity index (χ2v) is 7.93. The van der Waals surface area contributed by atoms with Gasteiger partial charge in [0, 0.05) is 6.54 Å². The molecule has 0 heterocycles. The third kappa shape index (κ3) is 7.78. The topological polar surface area (TPSA) is 38.3 Å². The molecular weight excluding hydrogens is 306 g/mol. The molecule has 3 nitrogen and oxygen atoms in total. The number of hydrogen-bond acceptors (Lipinski definition) is 3. The van der Waals surface area contributed by atoms with Gasteiger partial charge in [0.2, 0.25) is 5.91 Å². The molecule has 0 radical (unpaired) electrons. The monoisotopic (exact) mass is 337 g/mol. The van der Waals surface area contributed by atoms with Gasteiger partial charge < -0.3 is 10.1 Å². The minimum absolute atomic E-state index is 0.0480. The summed E-state index contributed by atoms with van der Waals surface area (Å²) in [7, 11) is 0. The molecule has 0 aliphatic heterocycles. The van der Waals surface area contributed by atoms with Crippen LogP contribution in [-0.4, -0.2) is 30.1 Å². The van der Waals surface area contributed by atoms with Crippen LogP contribution in [0.4, 0.5) is 0 Å². The first-order valence-electron chi connectivity index (χ1n) is 8.55. The molecule has 1 rings (SSSR count). The highest BCUT2D eigenvalue weighted by molar-refractivity contribution is 8.00. The molecule has 0 aromatic heterocycles. The number of amides is 1. The second kappa shape index (κ2) is 10.6. The fourth-order valence-corrected chi connectivity index (χ4v) is 3.18. The quantitative estimate of drug-likeness (QED) is 0.697. The highest BCUT2D eigenvalue weighted by atomic mass is 32.2. The average Bonchev–Trinajstić information content (AvgIpc) is 2.51. The highest BCUT2D eigenvalue weighted by Crippen LogP contribution is 2.19. The molecule has 0 bridgehead atoms. The summed E-state index contributed by atoms with van der Waals surface area (Å²) in [6, 6.07) is 8.15. The van der Waals surface area contributed by atoms with Crippen molar-refractivity contribution in [3.8, 4) is 5.75 Å². The summed E-state index contributed by atoms with van der Waals surface area (Å²) >= 11 is 1.72. The number of rotatable bonds is 10. The fraction of sp³-hybridized carbons (Fsp3) is 0.632. The molecule has 1 atom stereocenters. The zero-order valence-electron chi connectivity index (χ0n) is 15.1. The van der Waals surface area contributed by atoms with E-state index in [2.05, 4.69) is 52.1 Å². The number of carbonyl (C=O) groups excluding carboxylic acids is 1. The zero-order chi connectivity index (χ0) is 17.2. The Labute approximate surface area is 145 Å². The molecule has 4 heteroatoms. The molecule has 130 valence electrons. The van der Waals surface area contributed by atoms with Crippen LogP contribution in [0.15, 0.2) is 24.3 Å². The van der Waals surface area contributed by atoms with Crippen LogP contribution >= 0.6 is 11.8 Å². The summed E-state index contributed by atoms with van der Waals surface area (Å²) in [5, 5.41) is 3.11. The smallest absolute Gasteiger partial charge is 0.233 e. The maximum atomic E-state index is 12.2. The van der Waals surface area contributed by atoms with Crippen LogP contribution in [0, 0.1) is 11.8 Å². The highest BCUT2D eigenvalue weighted by Gasteiger charge is 2.21. The Kier molecular flexibility index (Phi) is 9.15. The minimum Gasteiger partial charge on any atom is -0.493 e. The first-order chi connectivity index (χ1) is 10.9. The first kappa shape index (κ1) is 19.9. The van der Waals surface area contributed by atoms with Gasteiger partial charge in [0.1, 0.15) is 5.75 Å². The lowest BCUT2D eigenvalue weighted by Crippen LogP contribution is -2.37. The minimum atomic E-state index is 0.0480. The second-order valence-electron chi connectivity index (χ2n) is 6.51. The zero-order valence-corrected chi connectivity index (χ0v) is 15.9. The summed E-state index contributed by atoms with van der Waals surface area (Å²) in [6.07, 6.45) is 0.845. The van der Waals surface area contributed by atoms with Crippen molar-refractivity contribution in [2.45, 2.75) is 46.3 Å². The third-order valence-electron chi connectivity index (χ3n) is 3.43.